The van der Waals surface area contributed by atoms with E-state index >= 15 is 0 Å². The molecule has 7 nitrogen and oxygen atoms in total. The molecular formula is C13H26N6O. The number of hydrogen-bond acceptors (Lipinski definition) is 7. The first-order chi connectivity index (χ1) is 9.45. The number of hydrogen-bond donors (Lipinski definition) is 3. The monoisotopic (exact) mass is 282 g/mol. The Bertz CT molecular complexity index is 419. The molecule has 0 bridgehead atoms. The van der Waals surface area contributed by atoms with E-state index in [-0.39, 0.29) is 12.0 Å². The van der Waals surface area contributed by atoms with Gasteiger partial charge in [-0.3, -0.25) is 0 Å². The lowest BCUT2D eigenvalue weighted by atomic mass is 9.95. The zero-order valence-electron chi connectivity index (χ0n) is 13.1. The molecule has 0 amide bonds. The lowest BCUT2D eigenvalue weighted by Crippen LogP contribution is -2.29. The van der Waals surface area contributed by atoms with Crippen molar-refractivity contribution in [2.24, 2.45) is 5.41 Å². The minimum absolute atomic E-state index is 0.104. The van der Waals surface area contributed by atoms with Crippen LogP contribution in [0.25, 0.3) is 0 Å². The maximum absolute atomic E-state index is 9.28. The van der Waals surface area contributed by atoms with E-state index in [9.17, 15) is 5.11 Å². The molecule has 7 heteroatoms. The van der Waals surface area contributed by atoms with Crippen LogP contribution in [0.2, 0.25) is 0 Å². The molecule has 3 N–H and O–H groups in total. The lowest BCUT2D eigenvalue weighted by molar-refractivity contribution is 0.170. The summed E-state index contributed by atoms with van der Waals surface area (Å²) in [4.78, 5) is 15.1. The molecule has 0 aliphatic carbocycles. The van der Waals surface area contributed by atoms with Crippen LogP contribution in [0, 0.1) is 5.41 Å². The van der Waals surface area contributed by atoms with E-state index in [2.05, 4.69) is 44.3 Å². The Hall–Kier alpha value is -1.63. The van der Waals surface area contributed by atoms with Crippen LogP contribution in [0.4, 0.5) is 17.8 Å². The molecule has 0 atom stereocenters. The molecule has 0 unspecified atom stereocenters. The van der Waals surface area contributed by atoms with Crippen LogP contribution in [0.15, 0.2) is 0 Å². The first kappa shape index (κ1) is 16.4. The molecule has 1 rings (SSSR count). The van der Waals surface area contributed by atoms with Crippen LogP contribution in [-0.4, -0.2) is 53.3 Å². The van der Waals surface area contributed by atoms with Gasteiger partial charge in [-0.2, -0.15) is 15.0 Å². The standard InChI is InChI=1S/C13H26N6O/c1-6-19(7-2)12-17-10(14-5)16-11(18-12)15-8-13(3,4)9-20/h20H,6-9H2,1-5H3,(H2,14,15,16,17,18). The predicted octanol–water partition coefficient (Wildman–Crippen LogP) is 1.19. The molecule has 0 fully saturated rings. The second-order valence-electron chi connectivity index (χ2n) is 5.38. The molecule has 20 heavy (non-hydrogen) atoms. The summed E-state index contributed by atoms with van der Waals surface area (Å²) < 4.78 is 0. The van der Waals surface area contributed by atoms with Crippen molar-refractivity contribution in [1.29, 1.82) is 0 Å². The fourth-order valence-electron chi connectivity index (χ4n) is 1.58. The normalized spacial score (nSPS) is 11.3. The van der Waals surface area contributed by atoms with Gasteiger partial charge in [0, 0.05) is 38.7 Å². The van der Waals surface area contributed by atoms with Crippen molar-refractivity contribution in [2.45, 2.75) is 27.7 Å². The maximum atomic E-state index is 9.28. The third-order valence-corrected chi connectivity index (χ3v) is 3.05. The number of nitrogens with zero attached hydrogens (tertiary/aromatic N) is 4. The second kappa shape index (κ2) is 7.23. The smallest absolute Gasteiger partial charge is 0.231 e. The Balaban J connectivity index is 2.93. The average molecular weight is 282 g/mol. The van der Waals surface area contributed by atoms with Gasteiger partial charge in [0.15, 0.2) is 0 Å². The molecule has 0 saturated carbocycles. The van der Waals surface area contributed by atoms with E-state index in [1.54, 1.807) is 7.05 Å². The molecule has 1 heterocycles. The van der Waals surface area contributed by atoms with Crippen molar-refractivity contribution < 1.29 is 5.11 Å². The van der Waals surface area contributed by atoms with Crippen LogP contribution in [0.1, 0.15) is 27.7 Å². The highest BCUT2D eigenvalue weighted by molar-refractivity contribution is 5.43. The van der Waals surface area contributed by atoms with E-state index in [1.807, 2.05) is 13.8 Å². The molecule has 1 aromatic heterocycles. The summed E-state index contributed by atoms with van der Waals surface area (Å²) in [6.45, 7) is 10.5. The van der Waals surface area contributed by atoms with Gasteiger partial charge in [-0.05, 0) is 13.8 Å². The lowest BCUT2D eigenvalue weighted by Gasteiger charge is -2.23. The Morgan fingerprint density at radius 1 is 1.10 bits per heavy atom. The number of rotatable bonds is 8. The highest BCUT2D eigenvalue weighted by Crippen LogP contribution is 2.17. The highest BCUT2D eigenvalue weighted by atomic mass is 16.3. The minimum Gasteiger partial charge on any atom is -0.396 e. The quantitative estimate of drug-likeness (QED) is 0.660. The van der Waals surface area contributed by atoms with Crippen molar-refractivity contribution in [2.75, 3.05) is 48.8 Å². The number of aliphatic hydroxyl groups excluding tert-OH is 1. The SMILES string of the molecule is CCN(CC)c1nc(NC)nc(NCC(C)(C)CO)n1. The molecule has 0 aliphatic rings. The third-order valence-electron chi connectivity index (χ3n) is 3.05. The number of aliphatic hydroxyl groups is 1. The van der Waals surface area contributed by atoms with Gasteiger partial charge in [0.05, 0.1) is 0 Å². The van der Waals surface area contributed by atoms with E-state index in [0.717, 1.165) is 13.1 Å². The summed E-state index contributed by atoms with van der Waals surface area (Å²) in [6.07, 6.45) is 0. The highest BCUT2D eigenvalue weighted by Gasteiger charge is 2.17. The molecule has 1 aromatic rings. The van der Waals surface area contributed by atoms with Crippen LogP contribution in [0.5, 0.6) is 0 Å². The van der Waals surface area contributed by atoms with Crippen molar-refractivity contribution in [3.63, 3.8) is 0 Å². The Labute approximate surface area is 120 Å². The summed E-state index contributed by atoms with van der Waals surface area (Å²) in [5, 5.41) is 15.4. The fraction of sp³-hybridized carbons (Fsp3) is 0.769. The first-order valence-electron chi connectivity index (χ1n) is 6.99. The van der Waals surface area contributed by atoms with E-state index in [4.69, 9.17) is 0 Å². The Morgan fingerprint density at radius 3 is 2.20 bits per heavy atom. The van der Waals surface area contributed by atoms with Gasteiger partial charge in [-0.15, -0.1) is 0 Å². The fourth-order valence-corrected chi connectivity index (χ4v) is 1.58. The molecule has 114 valence electrons. The van der Waals surface area contributed by atoms with Gasteiger partial charge in [-0.25, -0.2) is 0 Å². The summed E-state index contributed by atoms with van der Waals surface area (Å²) in [5.74, 6) is 1.71. The third kappa shape index (κ3) is 4.48. The summed E-state index contributed by atoms with van der Waals surface area (Å²) in [7, 11) is 1.78. The largest absolute Gasteiger partial charge is 0.396 e. The molecule has 0 aromatic carbocycles. The van der Waals surface area contributed by atoms with Crippen molar-refractivity contribution in [1.82, 2.24) is 15.0 Å². The van der Waals surface area contributed by atoms with E-state index in [0.29, 0.717) is 24.4 Å². The molecule has 0 aliphatic heterocycles. The predicted molar refractivity (Wildman–Crippen MR) is 82.3 cm³/mol. The van der Waals surface area contributed by atoms with Crippen molar-refractivity contribution >= 4 is 17.8 Å². The van der Waals surface area contributed by atoms with Crippen LogP contribution < -0.4 is 15.5 Å². The number of nitrogens with one attached hydrogen (secondary N) is 2. The zero-order valence-corrected chi connectivity index (χ0v) is 13.1. The van der Waals surface area contributed by atoms with Crippen LogP contribution in [-0.2, 0) is 0 Å². The number of aromatic nitrogens is 3. The Morgan fingerprint density at radius 2 is 1.70 bits per heavy atom. The second-order valence-corrected chi connectivity index (χ2v) is 5.38. The summed E-state index contributed by atoms with van der Waals surface area (Å²) >= 11 is 0. The average Bonchev–Trinajstić information content (AvgIpc) is 2.46. The van der Waals surface area contributed by atoms with Gasteiger partial charge < -0.3 is 20.6 Å². The molecule has 0 spiro atoms. The molecule has 0 radical (unpaired) electrons. The van der Waals surface area contributed by atoms with Crippen LogP contribution >= 0.6 is 0 Å². The van der Waals surface area contributed by atoms with Gasteiger partial charge in [0.25, 0.3) is 0 Å². The van der Waals surface area contributed by atoms with Crippen LogP contribution in [0.3, 0.4) is 0 Å². The van der Waals surface area contributed by atoms with Gasteiger partial charge in [0.1, 0.15) is 0 Å². The van der Waals surface area contributed by atoms with E-state index < -0.39 is 0 Å². The number of anilines is 3. The summed E-state index contributed by atoms with van der Waals surface area (Å²) in [6, 6.07) is 0. The van der Waals surface area contributed by atoms with Crippen molar-refractivity contribution in [3.05, 3.63) is 0 Å². The van der Waals surface area contributed by atoms with Gasteiger partial charge in [0.2, 0.25) is 17.8 Å². The Kier molecular flexibility index (Phi) is 5.94. The topological polar surface area (TPSA) is 86.2 Å². The molecular weight excluding hydrogens is 256 g/mol. The molecule has 0 saturated heterocycles. The van der Waals surface area contributed by atoms with Gasteiger partial charge in [-0.1, -0.05) is 13.8 Å². The van der Waals surface area contributed by atoms with Gasteiger partial charge >= 0.3 is 0 Å². The maximum Gasteiger partial charge on any atom is 0.231 e. The van der Waals surface area contributed by atoms with E-state index in [1.165, 1.54) is 0 Å². The zero-order chi connectivity index (χ0) is 15.2. The van der Waals surface area contributed by atoms with Crippen molar-refractivity contribution in [3.8, 4) is 0 Å². The first-order valence-corrected chi connectivity index (χ1v) is 6.99. The minimum atomic E-state index is -0.220. The summed E-state index contributed by atoms with van der Waals surface area (Å²) in [5.41, 5.74) is -0.220.